The third kappa shape index (κ3) is 5.51. The fraction of sp³-hybridized carbons (Fsp3) is 0.682. The molecule has 1 aliphatic rings. The van der Waals surface area contributed by atoms with Crippen molar-refractivity contribution in [3.8, 4) is 0 Å². The van der Waals surface area contributed by atoms with E-state index in [1.807, 2.05) is 33.8 Å². The van der Waals surface area contributed by atoms with Crippen LogP contribution in [-0.2, 0) is 10.0 Å². The Labute approximate surface area is 176 Å². The first kappa shape index (κ1) is 23.7. The predicted molar refractivity (Wildman–Crippen MR) is 119 cm³/mol. The molecule has 0 aliphatic carbocycles. The van der Waals surface area contributed by atoms with Gasteiger partial charge in [-0.3, -0.25) is 4.79 Å². The molecule has 0 spiro atoms. The summed E-state index contributed by atoms with van der Waals surface area (Å²) in [5.74, 6) is 0.485. The van der Waals surface area contributed by atoms with Crippen LogP contribution in [0, 0.1) is 5.92 Å². The van der Waals surface area contributed by atoms with Crippen molar-refractivity contribution in [3.05, 3.63) is 23.8 Å². The van der Waals surface area contributed by atoms with Crippen molar-refractivity contribution in [1.82, 2.24) is 9.62 Å². The van der Waals surface area contributed by atoms with E-state index >= 15 is 0 Å². The van der Waals surface area contributed by atoms with Crippen molar-refractivity contribution < 1.29 is 13.2 Å². The maximum Gasteiger partial charge on any atom is 0.253 e. The zero-order valence-corrected chi connectivity index (χ0v) is 19.4. The molecular formula is C22H37N3O3S. The number of piperidine rings is 1. The van der Waals surface area contributed by atoms with E-state index in [-0.39, 0.29) is 16.8 Å². The van der Waals surface area contributed by atoms with Crippen LogP contribution in [0.4, 0.5) is 5.69 Å². The highest BCUT2D eigenvalue weighted by Crippen LogP contribution is 2.29. The molecule has 0 atom stereocenters. The van der Waals surface area contributed by atoms with Gasteiger partial charge in [-0.05, 0) is 49.8 Å². The highest BCUT2D eigenvalue weighted by atomic mass is 32.2. The second kappa shape index (κ2) is 10.4. The largest absolute Gasteiger partial charge is 0.371 e. The van der Waals surface area contributed by atoms with Crippen molar-refractivity contribution in [3.63, 3.8) is 0 Å². The number of amides is 1. The maximum absolute atomic E-state index is 13.1. The number of anilines is 1. The number of benzene rings is 1. The van der Waals surface area contributed by atoms with Crippen LogP contribution in [0.2, 0.25) is 0 Å². The summed E-state index contributed by atoms with van der Waals surface area (Å²) < 4.78 is 27.5. The molecule has 7 heteroatoms. The summed E-state index contributed by atoms with van der Waals surface area (Å²) in [7, 11) is -3.62. The minimum atomic E-state index is -3.62. The van der Waals surface area contributed by atoms with Crippen LogP contribution in [0.3, 0.4) is 0 Å². The fourth-order valence-electron chi connectivity index (χ4n) is 3.85. The van der Waals surface area contributed by atoms with Gasteiger partial charge in [0.05, 0.1) is 10.5 Å². The molecule has 1 N–H and O–H groups in total. The maximum atomic E-state index is 13.1. The van der Waals surface area contributed by atoms with E-state index in [4.69, 9.17) is 0 Å². The number of rotatable bonds is 9. The molecule has 6 nitrogen and oxygen atoms in total. The van der Waals surface area contributed by atoms with Crippen LogP contribution in [0.1, 0.15) is 70.7 Å². The molecule has 1 aromatic rings. The molecule has 1 saturated heterocycles. The molecule has 164 valence electrons. The van der Waals surface area contributed by atoms with Gasteiger partial charge in [-0.15, -0.1) is 0 Å². The third-order valence-corrected chi connectivity index (χ3v) is 8.05. The Hall–Kier alpha value is -1.60. The second-order valence-corrected chi connectivity index (χ2v) is 9.86. The first-order chi connectivity index (χ1) is 13.8. The van der Waals surface area contributed by atoms with Crippen molar-refractivity contribution in [1.29, 1.82) is 0 Å². The quantitative estimate of drug-likeness (QED) is 0.655. The highest BCUT2D eigenvalue weighted by Gasteiger charge is 2.27. The average Bonchev–Trinajstić information content (AvgIpc) is 2.72. The molecule has 1 heterocycles. The lowest BCUT2D eigenvalue weighted by Crippen LogP contribution is -2.38. The summed E-state index contributed by atoms with van der Waals surface area (Å²) in [6.45, 7) is 12.6. The van der Waals surface area contributed by atoms with E-state index in [9.17, 15) is 13.2 Å². The monoisotopic (exact) mass is 423 g/mol. The molecule has 1 fully saturated rings. The predicted octanol–water partition coefficient (Wildman–Crippen LogP) is 3.87. The lowest BCUT2D eigenvalue weighted by atomic mass is 9.98. The smallest absolute Gasteiger partial charge is 0.253 e. The van der Waals surface area contributed by atoms with Crippen LogP contribution < -0.4 is 10.2 Å². The molecule has 0 saturated carbocycles. The standard InChI is InChI=1S/C22H37N3O3S/c1-6-18(7-2)23-22(26)20-16-19(29(27,28)25(8-3)9-4)10-11-21(20)24-14-12-17(5)13-15-24/h10-11,16-18H,6-9,12-15H2,1-5H3,(H,23,26). The number of hydrogen-bond acceptors (Lipinski definition) is 4. The van der Waals surface area contributed by atoms with E-state index in [1.54, 1.807) is 12.1 Å². The van der Waals surface area contributed by atoms with Crippen LogP contribution in [0.25, 0.3) is 0 Å². The summed E-state index contributed by atoms with van der Waals surface area (Å²) in [5, 5.41) is 3.08. The number of nitrogens with zero attached hydrogens (tertiary/aromatic N) is 2. The summed E-state index contributed by atoms with van der Waals surface area (Å²) in [5.41, 5.74) is 1.29. The minimum absolute atomic E-state index is 0.0831. The third-order valence-electron chi connectivity index (χ3n) is 6.00. The van der Waals surface area contributed by atoms with Gasteiger partial charge < -0.3 is 10.2 Å². The normalized spacial score (nSPS) is 15.9. The summed E-state index contributed by atoms with van der Waals surface area (Å²) >= 11 is 0. The van der Waals surface area contributed by atoms with Crippen molar-refractivity contribution >= 4 is 21.6 Å². The number of sulfonamides is 1. The van der Waals surface area contributed by atoms with Crippen LogP contribution >= 0.6 is 0 Å². The van der Waals surface area contributed by atoms with Gasteiger partial charge in [-0.25, -0.2) is 8.42 Å². The van der Waals surface area contributed by atoms with E-state index in [1.165, 1.54) is 4.31 Å². The summed E-state index contributed by atoms with van der Waals surface area (Å²) in [6, 6.07) is 5.11. The van der Waals surface area contributed by atoms with Gasteiger partial charge in [0.2, 0.25) is 10.0 Å². The summed E-state index contributed by atoms with van der Waals surface area (Å²) in [4.78, 5) is 15.5. The first-order valence-corrected chi connectivity index (χ1v) is 12.4. The van der Waals surface area contributed by atoms with E-state index in [0.717, 1.165) is 44.5 Å². The molecular weight excluding hydrogens is 386 g/mol. The van der Waals surface area contributed by atoms with E-state index in [2.05, 4.69) is 17.1 Å². The molecule has 29 heavy (non-hydrogen) atoms. The molecule has 1 aromatic carbocycles. The highest BCUT2D eigenvalue weighted by molar-refractivity contribution is 7.89. The molecule has 0 bridgehead atoms. The van der Waals surface area contributed by atoms with Gasteiger partial charge in [0.1, 0.15) is 0 Å². The van der Waals surface area contributed by atoms with E-state index in [0.29, 0.717) is 24.6 Å². The number of carbonyl (C=O) groups excluding carboxylic acids is 1. The molecule has 0 unspecified atom stereocenters. The molecule has 0 aromatic heterocycles. The number of carbonyl (C=O) groups is 1. The topological polar surface area (TPSA) is 69.7 Å². The van der Waals surface area contributed by atoms with Crippen molar-refractivity contribution in [2.45, 2.75) is 71.2 Å². The van der Waals surface area contributed by atoms with Gasteiger partial charge in [0.15, 0.2) is 0 Å². The van der Waals surface area contributed by atoms with Gasteiger partial charge in [-0.1, -0.05) is 34.6 Å². The van der Waals surface area contributed by atoms with Gasteiger partial charge >= 0.3 is 0 Å². The Kier molecular flexibility index (Phi) is 8.52. The first-order valence-electron chi connectivity index (χ1n) is 11.0. The van der Waals surface area contributed by atoms with E-state index < -0.39 is 10.0 Å². The van der Waals surface area contributed by atoms with Crippen molar-refractivity contribution in [2.24, 2.45) is 5.92 Å². The Morgan fingerprint density at radius 1 is 1.14 bits per heavy atom. The average molecular weight is 424 g/mol. The molecule has 1 aliphatic heterocycles. The van der Waals surface area contributed by atoms with Gasteiger partial charge in [0, 0.05) is 37.9 Å². The minimum Gasteiger partial charge on any atom is -0.371 e. The Bertz CT molecular complexity index is 778. The number of nitrogens with one attached hydrogen (secondary N) is 1. The molecule has 2 rings (SSSR count). The number of hydrogen-bond donors (Lipinski definition) is 1. The lowest BCUT2D eigenvalue weighted by molar-refractivity contribution is 0.0935. The molecule has 1 amide bonds. The second-order valence-electron chi connectivity index (χ2n) is 7.92. The Balaban J connectivity index is 2.47. The van der Waals surface area contributed by atoms with Gasteiger partial charge in [0.25, 0.3) is 5.91 Å². The lowest BCUT2D eigenvalue weighted by Gasteiger charge is -2.33. The Morgan fingerprint density at radius 3 is 2.24 bits per heavy atom. The van der Waals surface area contributed by atoms with Crippen LogP contribution in [-0.4, -0.2) is 50.9 Å². The zero-order valence-electron chi connectivity index (χ0n) is 18.6. The summed E-state index contributed by atoms with van der Waals surface area (Å²) in [6.07, 6.45) is 3.84. The fourth-order valence-corrected chi connectivity index (χ4v) is 5.34. The molecule has 0 radical (unpaired) electrons. The SMILES string of the molecule is CCC(CC)NC(=O)c1cc(S(=O)(=O)N(CC)CC)ccc1N1CCC(C)CC1. The van der Waals surface area contributed by atoms with Crippen molar-refractivity contribution in [2.75, 3.05) is 31.1 Å². The van der Waals surface area contributed by atoms with Gasteiger partial charge in [-0.2, -0.15) is 4.31 Å². The zero-order chi connectivity index (χ0) is 21.6. The van der Waals surface area contributed by atoms with Crippen LogP contribution in [0.5, 0.6) is 0 Å². The van der Waals surface area contributed by atoms with Crippen LogP contribution in [0.15, 0.2) is 23.1 Å². The Morgan fingerprint density at radius 2 is 1.72 bits per heavy atom.